The molecule has 0 amide bonds. The van der Waals surface area contributed by atoms with Crippen molar-refractivity contribution < 1.29 is 5.11 Å². The number of hydrogen-bond donors (Lipinski definition) is 1. The van der Waals surface area contributed by atoms with Gasteiger partial charge in [0.25, 0.3) is 0 Å². The highest BCUT2D eigenvalue weighted by molar-refractivity contribution is 7.09. The normalized spacial score (nSPS) is 23.9. The highest BCUT2D eigenvalue weighted by Crippen LogP contribution is 2.20. The van der Waals surface area contributed by atoms with E-state index >= 15 is 0 Å². The topological polar surface area (TPSA) is 36.4 Å². The molecule has 4 heteroatoms. The lowest BCUT2D eigenvalue weighted by Gasteiger charge is -2.27. The molecular formula is C11H18N2OS. The third-order valence-corrected chi connectivity index (χ3v) is 3.82. The summed E-state index contributed by atoms with van der Waals surface area (Å²) >= 11 is 1.70. The fraction of sp³-hybridized carbons (Fsp3) is 0.727. The molecule has 15 heavy (non-hydrogen) atoms. The average molecular weight is 226 g/mol. The Hall–Kier alpha value is -0.450. The third kappa shape index (κ3) is 3.00. The first-order chi connectivity index (χ1) is 7.40. The molecule has 1 aromatic rings. The Morgan fingerprint density at radius 2 is 2.40 bits per heavy atom. The minimum atomic E-state index is 0.290. The van der Waals surface area contributed by atoms with E-state index in [0.717, 1.165) is 19.5 Å². The van der Waals surface area contributed by atoms with E-state index in [1.807, 2.05) is 11.7 Å². The molecule has 0 aromatic carbocycles. The van der Waals surface area contributed by atoms with Crippen molar-refractivity contribution >= 4 is 11.3 Å². The monoisotopic (exact) mass is 226 g/mol. The number of aliphatic hydroxyl groups is 1. The molecule has 1 aromatic heterocycles. The summed E-state index contributed by atoms with van der Waals surface area (Å²) < 4.78 is 0. The predicted octanol–water partition coefficient (Wildman–Crippen LogP) is 1.88. The third-order valence-electron chi connectivity index (χ3n) is 3.05. The molecular weight excluding hydrogens is 208 g/mol. The summed E-state index contributed by atoms with van der Waals surface area (Å²) in [4.78, 5) is 7.80. The Kier molecular flexibility index (Phi) is 4.11. The van der Waals surface area contributed by atoms with Crippen LogP contribution in [0.2, 0.25) is 0 Å². The number of thiazole rings is 1. The molecule has 2 heterocycles. The van der Waals surface area contributed by atoms with Crippen LogP contribution < -0.4 is 0 Å². The first kappa shape index (κ1) is 11.0. The van der Waals surface area contributed by atoms with Crippen LogP contribution in [0.25, 0.3) is 0 Å². The Morgan fingerprint density at radius 1 is 1.47 bits per heavy atom. The van der Waals surface area contributed by atoms with Crippen LogP contribution >= 0.6 is 11.3 Å². The number of nitrogens with zero attached hydrogens (tertiary/aromatic N) is 2. The summed E-state index contributed by atoms with van der Waals surface area (Å²) in [6.45, 7) is 2.36. The zero-order valence-electron chi connectivity index (χ0n) is 8.93. The molecule has 1 aliphatic heterocycles. The van der Waals surface area contributed by atoms with Gasteiger partial charge in [0.05, 0.1) is 12.1 Å². The van der Waals surface area contributed by atoms with E-state index in [4.69, 9.17) is 0 Å². The van der Waals surface area contributed by atoms with Gasteiger partial charge < -0.3 is 5.11 Å². The van der Waals surface area contributed by atoms with Crippen molar-refractivity contribution in [2.24, 2.45) is 0 Å². The van der Waals surface area contributed by atoms with Gasteiger partial charge in [0.2, 0.25) is 0 Å². The van der Waals surface area contributed by atoms with Crippen molar-refractivity contribution in [2.45, 2.75) is 38.3 Å². The summed E-state index contributed by atoms with van der Waals surface area (Å²) in [6.07, 6.45) is 6.88. The molecule has 1 unspecified atom stereocenters. The fourth-order valence-corrected chi connectivity index (χ4v) is 2.79. The number of rotatable bonds is 3. The van der Waals surface area contributed by atoms with Gasteiger partial charge in [-0.3, -0.25) is 9.88 Å². The minimum absolute atomic E-state index is 0.290. The summed E-state index contributed by atoms with van der Waals surface area (Å²) in [5.41, 5.74) is 1.88. The molecule has 1 saturated heterocycles. The standard InChI is InChI=1S/C11H18N2OS/c14-8-10-4-2-1-3-5-13(10)7-11-6-12-9-15-11/h6,9-10,14H,1-5,7-8H2. The van der Waals surface area contributed by atoms with Crippen LogP contribution in [0.4, 0.5) is 0 Å². The number of aromatic nitrogens is 1. The summed E-state index contributed by atoms with van der Waals surface area (Å²) in [7, 11) is 0. The van der Waals surface area contributed by atoms with E-state index in [2.05, 4.69) is 9.88 Å². The second-order valence-electron chi connectivity index (χ2n) is 4.12. The van der Waals surface area contributed by atoms with Crippen LogP contribution in [-0.4, -0.2) is 34.2 Å². The van der Waals surface area contributed by atoms with E-state index in [9.17, 15) is 5.11 Å². The summed E-state index contributed by atoms with van der Waals surface area (Å²) in [6, 6.07) is 0.356. The van der Waals surface area contributed by atoms with E-state index in [-0.39, 0.29) is 0 Å². The van der Waals surface area contributed by atoms with Crippen molar-refractivity contribution in [3.05, 3.63) is 16.6 Å². The largest absolute Gasteiger partial charge is 0.395 e. The van der Waals surface area contributed by atoms with Crippen molar-refractivity contribution in [3.8, 4) is 0 Å². The molecule has 1 N–H and O–H groups in total. The van der Waals surface area contributed by atoms with Crippen molar-refractivity contribution in [3.63, 3.8) is 0 Å². The second kappa shape index (κ2) is 5.58. The van der Waals surface area contributed by atoms with E-state index in [0.29, 0.717) is 12.6 Å². The first-order valence-electron chi connectivity index (χ1n) is 5.62. The Bertz CT molecular complexity index is 276. The van der Waals surface area contributed by atoms with Crippen LogP contribution in [0.5, 0.6) is 0 Å². The molecule has 0 saturated carbocycles. The molecule has 2 rings (SSSR count). The Labute approximate surface area is 94.8 Å². The Balaban J connectivity index is 1.97. The number of likely N-dealkylation sites (tertiary alicyclic amines) is 1. The maximum absolute atomic E-state index is 9.36. The van der Waals surface area contributed by atoms with E-state index < -0.39 is 0 Å². The number of hydrogen-bond acceptors (Lipinski definition) is 4. The lowest BCUT2D eigenvalue weighted by atomic mass is 10.1. The molecule has 3 nitrogen and oxygen atoms in total. The maximum Gasteiger partial charge on any atom is 0.0794 e. The zero-order chi connectivity index (χ0) is 10.5. The van der Waals surface area contributed by atoms with Crippen LogP contribution in [-0.2, 0) is 6.54 Å². The van der Waals surface area contributed by atoms with Crippen LogP contribution in [0.15, 0.2) is 11.7 Å². The SMILES string of the molecule is OCC1CCCCCN1Cc1cncs1. The van der Waals surface area contributed by atoms with Gasteiger partial charge in [-0.05, 0) is 19.4 Å². The summed E-state index contributed by atoms with van der Waals surface area (Å²) in [5.74, 6) is 0. The highest BCUT2D eigenvalue weighted by Gasteiger charge is 2.20. The van der Waals surface area contributed by atoms with Gasteiger partial charge in [-0.25, -0.2) is 0 Å². The second-order valence-corrected chi connectivity index (χ2v) is 5.09. The van der Waals surface area contributed by atoms with E-state index in [1.54, 1.807) is 11.3 Å². The molecule has 0 bridgehead atoms. The Morgan fingerprint density at radius 3 is 3.13 bits per heavy atom. The molecule has 1 atom stereocenters. The molecule has 0 spiro atoms. The van der Waals surface area contributed by atoms with Crippen molar-refractivity contribution in [1.82, 2.24) is 9.88 Å². The maximum atomic E-state index is 9.36. The van der Waals surface area contributed by atoms with Crippen molar-refractivity contribution in [1.29, 1.82) is 0 Å². The minimum Gasteiger partial charge on any atom is -0.395 e. The zero-order valence-corrected chi connectivity index (χ0v) is 9.75. The smallest absolute Gasteiger partial charge is 0.0794 e. The molecule has 1 fully saturated rings. The lowest BCUT2D eigenvalue weighted by molar-refractivity contribution is 0.119. The van der Waals surface area contributed by atoms with Gasteiger partial charge >= 0.3 is 0 Å². The summed E-state index contributed by atoms with van der Waals surface area (Å²) in [5, 5.41) is 9.36. The van der Waals surface area contributed by atoms with Crippen LogP contribution in [0, 0.1) is 0 Å². The van der Waals surface area contributed by atoms with Crippen molar-refractivity contribution in [2.75, 3.05) is 13.2 Å². The van der Waals surface area contributed by atoms with Crippen LogP contribution in [0.1, 0.15) is 30.6 Å². The quantitative estimate of drug-likeness (QED) is 0.855. The predicted molar refractivity (Wildman–Crippen MR) is 61.9 cm³/mol. The van der Waals surface area contributed by atoms with Gasteiger partial charge in [-0.2, -0.15) is 0 Å². The molecule has 1 aliphatic rings. The first-order valence-corrected chi connectivity index (χ1v) is 6.50. The van der Waals surface area contributed by atoms with Gasteiger partial charge in [-0.15, -0.1) is 11.3 Å². The molecule has 84 valence electrons. The van der Waals surface area contributed by atoms with Crippen LogP contribution in [0.3, 0.4) is 0 Å². The van der Waals surface area contributed by atoms with Gasteiger partial charge in [0, 0.05) is 23.7 Å². The molecule has 0 aliphatic carbocycles. The number of aliphatic hydroxyl groups excluding tert-OH is 1. The van der Waals surface area contributed by atoms with Gasteiger partial charge in [0.1, 0.15) is 0 Å². The highest BCUT2D eigenvalue weighted by atomic mass is 32.1. The van der Waals surface area contributed by atoms with Gasteiger partial charge in [0.15, 0.2) is 0 Å². The van der Waals surface area contributed by atoms with Gasteiger partial charge in [-0.1, -0.05) is 12.8 Å². The average Bonchev–Trinajstić information content (AvgIpc) is 2.64. The fourth-order valence-electron chi connectivity index (χ4n) is 2.17. The molecule has 0 radical (unpaired) electrons. The lowest BCUT2D eigenvalue weighted by Crippen LogP contribution is -2.36. The van der Waals surface area contributed by atoms with E-state index in [1.165, 1.54) is 24.1 Å².